The number of nitrogens with zero attached hydrogens (tertiary/aromatic N) is 4. The molecule has 0 aliphatic carbocycles. The first-order valence-electron chi connectivity index (χ1n) is 6.46. The van der Waals surface area contributed by atoms with E-state index in [0.29, 0.717) is 11.8 Å². The molecule has 0 saturated heterocycles. The molecule has 2 aromatic heterocycles. The smallest absolute Gasteiger partial charge is 0.229 e. The minimum Gasteiger partial charge on any atom is -0.384 e. The predicted molar refractivity (Wildman–Crippen MR) is 81.9 cm³/mol. The number of rotatable bonds is 3. The van der Waals surface area contributed by atoms with Crippen molar-refractivity contribution in [2.24, 2.45) is 0 Å². The second-order valence-corrected chi connectivity index (χ2v) is 4.50. The van der Waals surface area contributed by atoms with Gasteiger partial charge in [0, 0.05) is 23.6 Å². The van der Waals surface area contributed by atoms with E-state index in [0.717, 1.165) is 22.8 Å². The fraction of sp³-hybridized carbons (Fsp3) is 0.0667. The lowest BCUT2D eigenvalue weighted by atomic mass is 10.1. The second kappa shape index (κ2) is 5.54. The fourth-order valence-electron chi connectivity index (χ4n) is 1.94. The number of nitrogen functional groups attached to an aromatic ring is 1. The Morgan fingerprint density at radius 1 is 1.00 bits per heavy atom. The lowest BCUT2D eigenvalue weighted by molar-refractivity contribution is 1.06. The van der Waals surface area contributed by atoms with E-state index in [1.165, 1.54) is 0 Å². The van der Waals surface area contributed by atoms with Crippen molar-refractivity contribution in [1.82, 2.24) is 19.9 Å². The van der Waals surface area contributed by atoms with Crippen LogP contribution in [0.15, 0.2) is 48.8 Å². The van der Waals surface area contributed by atoms with E-state index < -0.39 is 0 Å². The maximum atomic E-state index is 5.64. The molecule has 0 amide bonds. The van der Waals surface area contributed by atoms with Gasteiger partial charge in [-0.3, -0.25) is 0 Å². The number of nitrogens with two attached hydrogens (primary N) is 1. The van der Waals surface area contributed by atoms with E-state index in [4.69, 9.17) is 5.73 Å². The minimum absolute atomic E-state index is 0.426. The number of nitrogens with one attached hydrogen (secondary N) is 1. The highest BCUT2D eigenvalue weighted by Gasteiger charge is 2.03. The molecule has 0 aliphatic heterocycles. The number of anilines is 3. The highest BCUT2D eigenvalue weighted by Crippen LogP contribution is 2.22. The Morgan fingerprint density at radius 2 is 1.86 bits per heavy atom. The Kier molecular flexibility index (Phi) is 3.42. The van der Waals surface area contributed by atoms with Gasteiger partial charge < -0.3 is 11.1 Å². The third-order valence-corrected chi connectivity index (χ3v) is 2.87. The number of aryl methyl sites for hydroxylation is 1. The number of benzene rings is 1. The van der Waals surface area contributed by atoms with Crippen molar-refractivity contribution >= 4 is 17.5 Å². The maximum Gasteiger partial charge on any atom is 0.229 e. The van der Waals surface area contributed by atoms with E-state index in [1.807, 2.05) is 37.3 Å². The molecule has 0 radical (unpaired) electrons. The van der Waals surface area contributed by atoms with Crippen LogP contribution >= 0.6 is 0 Å². The molecule has 3 rings (SSSR count). The summed E-state index contributed by atoms with van der Waals surface area (Å²) in [7, 11) is 0. The van der Waals surface area contributed by atoms with Crippen LogP contribution < -0.4 is 11.1 Å². The standard InChI is InChI=1S/C15H14N6/c1-10-17-7-5-13(19-10)11-3-2-4-12(9-11)20-15-18-8-6-14(16)21-15/h2-9H,1H3,(H3,16,18,20,21). The number of hydrogen-bond acceptors (Lipinski definition) is 6. The fourth-order valence-corrected chi connectivity index (χ4v) is 1.94. The molecule has 6 nitrogen and oxygen atoms in total. The van der Waals surface area contributed by atoms with Gasteiger partial charge in [0.2, 0.25) is 5.95 Å². The Hall–Kier alpha value is -3.02. The molecule has 3 aromatic rings. The largest absolute Gasteiger partial charge is 0.384 e. The molecule has 2 heterocycles. The predicted octanol–water partition coefficient (Wildman–Crippen LogP) is 2.57. The Labute approximate surface area is 122 Å². The highest BCUT2D eigenvalue weighted by atomic mass is 15.1. The summed E-state index contributed by atoms with van der Waals surface area (Å²) < 4.78 is 0. The summed E-state index contributed by atoms with van der Waals surface area (Å²) in [6, 6.07) is 11.4. The van der Waals surface area contributed by atoms with Gasteiger partial charge in [0.05, 0.1) is 5.69 Å². The SMILES string of the molecule is Cc1nccc(-c2cccc(Nc3nccc(N)n3)c2)n1. The van der Waals surface area contributed by atoms with Crippen LogP contribution in [-0.4, -0.2) is 19.9 Å². The van der Waals surface area contributed by atoms with Gasteiger partial charge in [-0.2, -0.15) is 4.98 Å². The van der Waals surface area contributed by atoms with Crippen LogP contribution in [-0.2, 0) is 0 Å². The van der Waals surface area contributed by atoms with Crippen LogP contribution in [0.5, 0.6) is 0 Å². The Bertz CT molecular complexity index is 771. The van der Waals surface area contributed by atoms with Crippen molar-refractivity contribution in [3.63, 3.8) is 0 Å². The Balaban J connectivity index is 1.90. The number of hydrogen-bond donors (Lipinski definition) is 2. The molecule has 104 valence electrons. The monoisotopic (exact) mass is 278 g/mol. The molecule has 0 spiro atoms. The summed E-state index contributed by atoms with van der Waals surface area (Å²) in [5.74, 6) is 1.63. The van der Waals surface area contributed by atoms with E-state index in [-0.39, 0.29) is 0 Å². The lowest BCUT2D eigenvalue weighted by Crippen LogP contribution is -1.99. The van der Waals surface area contributed by atoms with Crippen LogP contribution in [0.4, 0.5) is 17.5 Å². The van der Waals surface area contributed by atoms with Gasteiger partial charge in [0.1, 0.15) is 11.6 Å². The van der Waals surface area contributed by atoms with Crippen molar-refractivity contribution in [3.05, 3.63) is 54.6 Å². The summed E-state index contributed by atoms with van der Waals surface area (Å²) in [4.78, 5) is 16.8. The molecule has 1 aromatic carbocycles. The Morgan fingerprint density at radius 3 is 2.67 bits per heavy atom. The summed E-state index contributed by atoms with van der Waals surface area (Å²) in [5, 5.41) is 3.12. The highest BCUT2D eigenvalue weighted by molar-refractivity contribution is 5.67. The van der Waals surface area contributed by atoms with Gasteiger partial charge in [0.15, 0.2) is 0 Å². The molecule has 0 bridgehead atoms. The van der Waals surface area contributed by atoms with Crippen molar-refractivity contribution < 1.29 is 0 Å². The molecule has 0 saturated carbocycles. The van der Waals surface area contributed by atoms with E-state index in [2.05, 4.69) is 25.3 Å². The van der Waals surface area contributed by atoms with Crippen LogP contribution in [0.2, 0.25) is 0 Å². The van der Waals surface area contributed by atoms with E-state index in [1.54, 1.807) is 18.5 Å². The van der Waals surface area contributed by atoms with Gasteiger partial charge in [-0.25, -0.2) is 15.0 Å². The van der Waals surface area contributed by atoms with Crippen LogP contribution in [0.3, 0.4) is 0 Å². The van der Waals surface area contributed by atoms with Crippen LogP contribution in [0.1, 0.15) is 5.82 Å². The van der Waals surface area contributed by atoms with Gasteiger partial charge in [0.25, 0.3) is 0 Å². The van der Waals surface area contributed by atoms with Crippen LogP contribution in [0, 0.1) is 6.92 Å². The molecule has 6 heteroatoms. The van der Waals surface area contributed by atoms with Crippen LogP contribution in [0.25, 0.3) is 11.3 Å². The summed E-state index contributed by atoms with van der Waals surface area (Å²) in [5.41, 5.74) is 8.38. The zero-order valence-corrected chi connectivity index (χ0v) is 11.5. The summed E-state index contributed by atoms with van der Waals surface area (Å²) >= 11 is 0. The zero-order chi connectivity index (χ0) is 14.7. The minimum atomic E-state index is 0.426. The van der Waals surface area contributed by atoms with Crippen molar-refractivity contribution in [2.45, 2.75) is 6.92 Å². The van der Waals surface area contributed by atoms with Crippen molar-refractivity contribution in [1.29, 1.82) is 0 Å². The normalized spacial score (nSPS) is 10.3. The second-order valence-electron chi connectivity index (χ2n) is 4.50. The van der Waals surface area contributed by atoms with Gasteiger partial charge in [-0.05, 0) is 31.2 Å². The average Bonchev–Trinajstić information content (AvgIpc) is 2.47. The molecule has 3 N–H and O–H groups in total. The van der Waals surface area contributed by atoms with Gasteiger partial charge >= 0.3 is 0 Å². The van der Waals surface area contributed by atoms with E-state index in [9.17, 15) is 0 Å². The third-order valence-electron chi connectivity index (χ3n) is 2.87. The molecule has 0 aliphatic rings. The molecule has 0 unspecified atom stereocenters. The van der Waals surface area contributed by atoms with Gasteiger partial charge in [-0.1, -0.05) is 12.1 Å². The van der Waals surface area contributed by atoms with Crippen molar-refractivity contribution in [3.8, 4) is 11.3 Å². The molecule has 21 heavy (non-hydrogen) atoms. The molecule has 0 fully saturated rings. The van der Waals surface area contributed by atoms with E-state index >= 15 is 0 Å². The summed E-state index contributed by atoms with van der Waals surface area (Å²) in [6.45, 7) is 1.87. The topological polar surface area (TPSA) is 89.6 Å². The maximum absolute atomic E-state index is 5.64. The average molecular weight is 278 g/mol. The van der Waals surface area contributed by atoms with Gasteiger partial charge in [-0.15, -0.1) is 0 Å². The molecular formula is C15H14N6. The summed E-state index contributed by atoms with van der Waals surface area (Å²) in [6.07, 6.45) is 3.36. The lowest BCUT2D eigenvalue weighted by Gasteiger charge is -2.07. The zero-order valence-electron chi connectivity index (χ0n) is 11.5. The first-order valence-corrected chi connectivity index (χ1v) is 6.46. The molecule has 0 atom stereocenters. The number of aromatic nitrogens is 4. The first-order chi connectivity index (χ1) is 10.2. The first kappa shape index (κ1) is 13.0. The third kappa shape index (κ3) is 3.11. The molecular weight excluding hydrogens is 264 g/mol. The quantitative estimate of drug-likeness (QED) is 0.765. The van der Waals surface area contributed by atoms with Crippen molar-refractivity contribution in [2.75, 3.05) is 11.1 Å².